The smallest absolute Gasteiger partial charge is 0.478 e. The fourth-order valence-electron chi connectivity index (χ4n) is 2.69. The third kappa shape index (κ3) is 9.53. The highest BCUT2D eigenvalue weighted by Crippen LogP contribution is 2.25. The summed E-state index contributed by atoms with van der Waals surface area (Å²) in [5, 5.41) is 16.5. The number of carbonyl (C=O) groups excluding carboxylic acids is 1. The van der Waals surface area contributed by atoms with E-state index in [0.717, 1.165) is 6.26 Å². The lowest BCUT2D eigenvalue weighted by Gasteiger charge is -2.36. The van der Waals surface area contributed by atoms with Crippen molar-refractivity contribution in [2.45, 2.75) is 6.18 Å². The van der Waals surface area contributed by atoms with Gasteiger partial charge < -0.3 is 20.0 Å². The Morgan fingerprint density at radius 2 is 1.61 bits per heavy atom. The molecule has 0 spiro atoms. The predicted octanol–water partition coefficient (Wildman–Crippen LogP) is 0.600. The molecule has 15 heteroatoms. The second-order valence-electron chi connectivity index (χ2n) is 7.26. The lowest BCUT2D eigenvalue weighted by atomic mass is 10.1. The number of halogens is 3. The maximum atomic E-state index is 11.8. The van der Waals surface area contributed by atoms with Crippen LogP contribution in [0, 0.1) is 0 Å². The molecule has 0 aromatic heterocycles. The van der Waals surface area contributed by atoms with Gasteiger partial charge in [-0.25, -0.2) is 18.0 Å². The number of carboxylic acids is 2. The Morgan fingerprint density at radius 1 is 1.09 bits per heavy atom. The van der Waals surface area contributed by atoms with Crippen LogP contribution < -0.4 is 9.62 Å². The molecule has 1 aromatic carbocycles. The number of likely N-dealkylation sites (N-methyl/N-ethyl adjacent to an activating group) is 1. The van der Waals surface area contributed by atoms with Gasteiger partial charge in [-0.2, -0.15) is 13.2 Å². The molecule has 2 rings (SSSR count). The van der Waals surface area contributed by atoms with Crippen molar-refractivity contribution in [3.63, 3.8) is 0 Å². The van der Waals surface area contributed by atoms with Crippen molar-refractivity contribution in [3.05, 3.63) is 23.8 Å². The van der Waals surface area contributed by atoms with E-state index in [2.05, 4.69) is 9.62 Å². The quantitative estimate of drug-likeness (QED) is 0.513. The van der Waals surface area contributed by atoms with Crippen LogP contribution in [0.1, 0.15) is 10.4 Å². The molecule has 33 heavy (non-hydrogen) atoms. The fraction of sp³-hybridized carbons (Fsp3) is 0.500. The monoisotopic (exact) mass is 498 g/mol. The Hall–Kier alpha value is -3.07. The minimum absolute atomic E-state index is 0.0407. The number of hydrogen-bond donors (Lipinski definition) is 3. The molecule has 0 saturated carbocycles. The largest absolute Gasteiger partial charge is 0.490 e. The van der Waals surface area contributed by atoms with Gasteiger partial charge >= 0.3 is 18.1 Å². The Balaban J connectivity index is 0.000000675. The number of carboxylic acid groups (broad SMARTS) is 2. The molecule has 0 bridgehead atoms. The molecule has 1 aromatic rings. The lowest BCUT2D eigenvalue weighted by Crippen LogP contribution is -2.49. The highest BCUT2D eigenvalue weighted by molar-refractivity contribution is 7.92. The molecule has 3 N–H and O–H groups in total. The number of rotatable bonds is 6. The maximum Gasteiger partial charge on any atom is 0.490 e. The van der Waals surface area contributed by atoms with Gasteiger partial charge in [0, 0.05) is 46.0 Å². The summed E-state index contributed by atoms with van der Waals surface area (Å²) in [6.45, 7) is 3.03. The molecular formula is C18H25F3N4O7S. The molecule has 1 aliphatic heterocycles. The van der Waals surface area contributed by atoms with Crippen LogP contribution >= 0.6 is 0 Å². The topological polar surface area (TPSA) is 148 Å². The van der Waals surface area contributed by atoms with Crippen LogP contribution in [0.3, 0.4) is 0 Å². The zero-order valence-electron chi connectivity index (χ0n) is 18.1. The lowest BCUT2D eigenvalue weighted by molar-refractivity contribution is -0.192. The number of nitrogens with one attached hydrogen (secondary N) is 1. The molecule has 1 aliphatic rings. The Kier molecular flexibility index (Phi) is 9.47. The molecule has 186 valence electrons. The van der Waals surface area contributed by atoms with E-state index in [-0.39, 0.29) is 17.2 Å². The number of aromatic carboxylic acids is 1. The van der Waals surface area contributed by atoms with Crippen LogP contribution in [-0.4, -0.2) is 106 Å². The van der Waals surface area contributed by atoms with Crippen molar-refractivity contribution in [1.29, 1.82) is 0 Å². The second-order valence-corrected chi connectivity index (χ2v) is 9.01. The van der Waals surface area contributed by atoms with Gasteiger partial charge in [0.05, 0.1) is 24.1 Å². The highest BCUT2D eigenvalue weighted by Gasteiger charge is 2.38. The summed E-state index contributed by atoms with van der Waals surface area (Å²) in [6, 6.07) is 4.62. The summed E-state index contributed by atoms with van der Waals surface area (Å²) in [7, 11) is -0.126. The van der Waals surface area contributed by atoms with Crippen LogP contribution in [0.2, 0.25) is 0 Å². The van der Waals surface area contributed by atoms with Crippen LogP contribution in [0.15, 0.2) is 18.2 Å². The third-order valence-corrected chi connectivity index (χ3v) is 4.96. The van der Waals surface area contributed by atoms with E-state index >= 15 is 0 Å². The van der Waals surface area contributed by atoms with Gasteiger partial charge in [-0.1, -0.05) is 0 Å². The SMILES string of the molecule is CN(C)C(=O)CN1CCN(c2ccc(NS(C)(=O)=O)c(C(=O)O)c2)CC1.O=C(O)C(F)(F)F. The summed E-state index contributed by atoms with van der Waals surface area (Å²) < 4.78 is 56.7. The normalized spacial score (nSPS) is 14.7. The first kappa shape index (κ1) is 28.0. The van der Waals surface area contributed by atoms with Crippen molar-refractivity contribution in [1.82, 2.24) is 9.80 Å². The summed E-state index contributed by atoms with van der Waals surface area (Å²) >= 11 is 0. The minimum atomic E-state index is -5.08. The minimum Gasteiger partial charge on any atom is -0.478 e. The van der Waals surface area contributed by atoms with Crippen molar-refractivity contribution in [2.24, 2.45) is 0 Å². The number of amides is 1. The van der Waals surface area contributed by atoms with Gasteiger partial charge in [-0.05, 0) is 18.2 Å². The molecule has 0 radical (unpaired) electrons. The summed E-state index contributed by atoms with van der Waals surface area (Å²) in [6.07, 6.45) is -4.11. The third-order valence-electron chi connectivity index (χ3n) is 4.37. The molecule has 0 atom stereocenters. The highest BCUT2D eigenvalue weighted by atomic mass is 32.2. The standard InChI is InChI=1S/C16H24N4O5S.C2HF3O2/c1-18(2)15(21)11-19-6-8-20(9-7-19)12-4-5-14(17-26(3,24)25)13(10-12)16(22)23;3-2(4,5)1(6)7/h4-5,10,17H,6-9,11H2,1-3H3,(H,22,23);(H,6,7). The number of alkyl halides is 3. The van der Waals surface area contributed by atoms with Gasteiger partial charge in [0.25, 0.3) is 0 Å². The van der Waals surface area contributed by atoms with E-state index < -0.39 is 28.1 Å². The van der Waals surface area contributed by atoms with Gasteiger partial charge in [0.1, 0.15) is 0 Å². The van der Waals surface area contributed by atoms with Crippen molar-refractivity contribution in [3.8, 4) is 0 Å². The summed E-state index contributed by atoms with van der Waals surface area (Å²) in [5.41, 5.74) is 0.650. The van der Waals surface area contributed by atoms with Gasteiger partial charge in [0.2, 0.25) is 15.9 Å². The number of benzene rings is 1. The van der Waals surface area contributed by atoms with Crippen LogP contribution in [0.5, 0.6) is 0 Å². The molecule has 1 fully saturated rings. The zero-order valence-corrected chi connectivity index (χ0v) is 18.9. The number of hydrogen-bond acceptors (Lipinski definition) is 7. The van der Waals surface area contributed by atoms with E-state index in [9.17, 15) is 36.3 Å². The number of sulfonamides is 1. The molecule has 0 unspecified atom stereocenters. The number of carbonyl (C=O) groups is 3. The summed E-state index contributed by atoms with van der Waals surface area (Å²) in [4.78, 5) is 37.8. The van der Waals surface area contributed by atoms with Gasteiger partial charge in [-0.3, -0.25) is 14.4 Å². The van der Waals surface area contributed by atoms with Crippen molar-refractivity contribution < 1.29 is 46.2 Å². The van der Waals surface area contributed by atoms with E-state index in [4.69, 9.17) is 9.90 Å². The Labute approximate surface area is 188 Å². The number of anilines is 2. The summed E-state index contributed by atoms with van der Waals surface area (Å²) in [5.74, 6) is -3.91. The van der Waals surface area contributed by atoms with E-state index in [0.29, 0.717) is 38.4 Å². The molecule has 1 saturated heterocycles. The van der Waals surface area contributed by atoms with Crippen LogP contribution in [0.4, 0.5) is 24.5 Å². The Bertz CT molecular complexity index is 976. The number of nitrogens with zero attached hydrogens (tertiary/aromatic N) is 3. The van der Waals surface area contributed by atoms with Crippen LogP contribution in [-0.2, 0) is 19.6 Å². The van der Waals surface area contributed by atoms with Crippen molar-refractivity contribution in [2.75, 3.05) is 62.7 Å². The molecule has 1 amide bonds. The fourth-order valence-corrected chi connectivity index (χ4v) is 3.27. The number of aliphatic carboxylic acids is 1. The van der Waals surface area contributed by atoms with E-state index in [1.165, 1.54) is 12.1 Å². The molecule has 11 nitrogen and oxygen atoms in total. The first-order valence-corrected chi connectivity index (χ1v) is 11.2. The second kappa shape index (κ2) is 11.2. The zero-order chi connectivity index (χ0) is 25.6. The number of piperazine rings is 1. The van der Waals surface area contributed by atoms with E-state index in [1.54, 1.807) is 25.1 Å². The molecular weight excluding hydrogens is 473 g/mol. The van der Waals surface area contributed by atoms with Gasteiger partial charge in [-0.15, -0.1) is 0 Å². The van der Waals surface area contributed by atoms with E-state index in [1.807, 2.05) is 4.90 Å². The Morgan fingerprint density at radius 3 is 2.00 bits per heavy atom. The molecule has 0 aliphatic carbocycles. The first-order valence-electron chi connectivity index (χ1n) is 9.34. The maximum absolute atomic E-state index is 11.8. The average Bonchev–Trinajstić information content (AvgIpc) is 2.67. The van der Waals surface area contributed by atoms with Crippen molar-refractivity contribution >= 4 is 39.2 Å². The molecule has 1 heterocycles. The predicted molar refractivity (Wildman–Crippen MR) is 113 cm³/mol. The first-order chi connectivity index (χ1) is 15.0. The van der Waals surface area contributed by atoms with Crippen LogP contribution in [0.25, 0.3) is 0 Å². The average molecular weight is 498 g/mol. The van der Waals surface area contributed by atoms with Gasteiger partial charge in [0.15, 0.2) is 0 Å².